The Balaban J connectivity index is 1.74. The van der Waals surface area contributed by atoms with Gasteiger partial charge in [-0.2, -0.15) is 0 Å². The lowest BCUT2D eigenvalue weighted by Gasteiger charge is -2.23. The van der Waals surface area contributed by atoms with Gasteiger partial charge >= 0.3 is 0 Å². The van der Waals surface area contributed by atoms with E-state index in [1.54, 1.807) is 0 Å². The summed E-state index contributed by atoms with van der Waals surface area (Å²) >= 11 is 0. The minimum atomic E-state index is 0.294. The molecule has 1 saturated heterocycles. The maximum absolute atomic E-state index is 5.57. The Morgan fingerprint density at radius 3 is 2.72 bits per heavy atom. The molecule has 0 spiro atoms. The van der Waals surface area contributed by atoms with Crippen molar-refractivity contribution in [1.82, 2.24) is 5.32 Å². The Morgan fingerprint density at radius 2 is 2.11 bits per heavy atom. The van der Waals surface area contributed by atoms with Crippen molar-refractivity contribution in [3.05, 3.63) is 35.4 Å². The van der Waals surface area contributed by atoms with Crippen LogP contribution in [0.5, 0.6) is 0 Å². The van der Waals surface area contributed by atoms with Crippen molar-refractivity contribution in [3.8, 4) is 0 Å². The molecule has 0 bridgehead atoms. The maximum atomic E-state index is 5.57. The molecule has 3 rings (SSSR count). The molecule has 1 fully saturated rings. The van der Waals surface area contributed by atoms with Crippen LogP contribution < -0.4 is 5.32 Å². The molecule has 0 saturated carbocycles. The first-order valence-corrected chi connectivity index (χ1v) is 6.84. The Morgan fingerprint density at radius 1 is 1.28 bits per heavy atom. The second kappa shape index (κ2) is 5.11. The third kappa shape index (κ3) is 2.41. The number of aliphatic imine (C=N–C) groups is 1. The minimum Gasteiger partial charge on any atom is -0.475 e. The van der Waals surface area contributed by atoms with Crippen molar-refractivity contribution in [3.63, 3.8) is 0 Å². The Bertz CT molecular complexity index is 432. The molecule has 2 unspecified atom stereocenters. The van der Waals surface area contributed by atoms with E-state index in [0.717, 1.165) is 24.6 Å². The van der Waals surface area contributed by atoms with Gasteiger partial charge in [0.2, 0.25) is 5.90 Å². The molecule has 2 aliphatic heterocycles. The van der Waals surface area contributed by atoms with Gasteiger partial charge in [0.15, 0.2) is 0 Å². The zero-order valence-electron chi connectivity index (χ0n) is 10.9. The van der Waals surface area contributed by atoms with Gasteiger partial charge in [0.25, 0.3) is 0 Å². The fourth-order valence-corrected chi connectivity index (χ4v) is 2.67. The highest BCUT2D eigenvalue weighted by Gasteiger charge is 2.18. The van der Waals surface area contributed by atoms with Crippen LogP contribution in [0.2, 0.25) is 0 Å². The first-order chi connectivity index (χ1) is 8.83. The molecule has 0 radical (unpaired) electrons. The predicted molar refractivity (Wildman–Crippen MR) is 73.2 cm³/mol. The van der Waals surface area contributed by atoms with Crippen molar-refractivity contribution < 1.29 is 4.74 Å². The van der Waals surface area contributed by atoms with Crippen molar-refractivity contribution in [2.24, 2.45) is 4.99 Å². The molecule has 3 nitrogen and oxygen atoms in total. The summed E-state index contributed by atoms with van der Waals surface area (Å²) in [7, 11) is 0. The molecule has 2 heterocycles. The highest BCUT2D eigenvalue weighted by molar-refractivity contribution is 5.95. The van der Waals surface area contributed by atoms with Crippen molar-refractivity contribution >= 4 is 5.90 Å². The average molecular weight is 244 g/mol. The molecule has 1 aromatic carbocycles. The first kappa shape index (κ1) is 11.7. The lowest BCUT2D eigenvalue weighted by molar-refractivity contribution is 0.324. The van der Waals surface area contributed by atoms with Crippen LogP contribution >= 0.6 is 0 Å². The summed E-state index contributed by atoms with van der Waals surface area (Å²) in [6, 6.07) is 9.02. The molecule has 0 aliphatic carbocycles. The summed E-state index contributed by atoms with van der Waals surface area (Å²) < 4.78 is 5.57. The third-order valence-electron chi connectivity index (χ3n) is 3.72. The van der Waals surface area contributed by atoms with Crippen LogP contribution in [0.1, 0.15) is 36.8 Å². The normalized spacial score (nSPS) is 27.7. The smallest absolute Gasteiger partial charge is 0.216 e. The standard InChI is InChI=1S/C15H20N2O/c1-11-10-18-15(17-11)13-6-4-12(5-7-13)14-3-2-8-16-9-14/h4-7,11,14,16H,2-3,8-10H2,1H3. The van der Waals surface area contributed by atoms with E-state index >= 15 is 0 Å². The second-order valence-electron chi connectivity index (χ2n) is 5.26. The summed E-state index contributed by atoms with van der Waals surface area (Å²) in [5.74, 6) is 1.47. The van der Waals surface area contributed by atoms with E-state index in [1.165, 1.54) is 18.4 Å². The lowest BCUT2D eigenvalue weighted by Crippen LogP contribution is -2.28. The molecule has 1 N–H and O–H groups in total. The number of nitrogens with zero attached hydrogens (tertiary/aromatic N) is 1. The van der Waals surface area contributed by atoms with E-state index in [9.17, 15) is 0 Å². The van der Waals surface area contributed by atoms with E-state index in [4.69, 9.17) is 4.74 Å². The SMILES string of the molecule is CC1COC(c2ccc(C3CCCNC3)cc2)=N1. The van der Waals surface area contributed by atoms with Crippen LogP contribution in [0.25, 0.3) is 0 Å². The summed E-state index contributed by atoms with van der Waals surface area (Å²) in [6.07, 6.45) is 2.57. The van der Waals surface area contributed by atoms with Crippen LogP contribution in [0, 0.1) is 0 Å². The van der Waals surface area contributed by atoms with Gasteiger partial charge < -0.3 is 10.1 Å². The van der Waals surface area contributed by atoms with E-state index in [0.29, 0.717) is 18.6 Å². The van der Waals surface area contributed by atoms with Gasteiger partial charge in [-0.15, -0.1) is 0 Å². The van der Waals surface area contributed by atoms with Crippen molar-refractivity contribution in [2.45, 2.75) is 31.7 Å². The number of rotatable bonds is 2. The van der Waals surface area contributed by atoms with Crippen LogP contribution in [0.4, 0.5) is 0 Å². The number of hydrogen-bond acceptors (Lipinski definition) is 3. The number of nitrogens with one attached hydrogen (secondary N) is 1. The van der Waals surface area contributed by atoms with E-state index < -0.39 is 0 Å². The van der Waals surface area contributed by atoms with Gasteiger partial charge in [-0.3, -0.25) is 0 Å². The molecular formula is C15H20N2O. The van der Waals surface area contributed by atoms with E-state index in [2.05, 4.69) is 41.5 Å². The summed E-state index contributed by atoms with van der Waals surface area (Å²) in [6.45, 7) is 5.06. The minimum absolute atomic E-state index is 0.294. The van der Waals surface area contributed by atoms with Gasteiger partial charge in [-0.1, -0.05) is 12.1 Å². The third-order valence-corrected chi connectivity index (χ3v) is 3.72. The number of benzene rings is 1. The first-order valence-electron chi connectivity index (χ1n) is 6.84. The van der Waals surface area contributed by atoms with Gasteiger partial charge in [-0.05, 0) is 49.9 Å². The Kier molecular flexibility index (Phi) is 3.33. The van der Waals surface area contributed by atoms with E-state index in [-0.39, 0.29) is 0 Å². The highest BCUT2D eigenvalue weighted by atomic mass is 16.5. The largest absolute Gasteiger partial charge is 0.475 e. The average Bonchev–Trinajstić information content (AvgIpc) is 2.87. The van der Waals surface area contributed by atoms with Gasteiger partial charge in [-0.25, -0.2) is 4.99 Å². The number of hydrogen-bond donors (Lipinski definition) is 1. The summed E-state index contributed by atoms with van der Waals surface area (Å²) in [5.41, 5.74) is 2.53. The molecule has 2 aliphatic rings. The molecule has 3 heteroatoms. The monoisotopic (exact) mass is 244 g/mol. The van der Waals surface area contributed by atoms with Gasteiger partial charge in [0, 0.05) is 12.1 Å². The Hall–Kier alpha value is -1.35. The zero-order chi connectivity index (χ0) is 12.4. The predicted octanol–water partition coefficient (Wildman–Crippen LogP) is 2.32. The van der Waals surface area contributed by atoms with Crippen LogP contribution in [0.15, 0.2) is 29.3 Å². The zero-order valence-corrected chi connectivity index (χ0v) is 10.9. The van der Waals surface area contributed by atoms with Crippen LogP contribution in [0.3, 0.4) is 0 Å². The quantitative estimate of drug-likeness (QED) is 0.866. The summed E-state index contributed by atoms with van der Waals surface area (Å²) in [4.78, 5) is 4.48. The fourth-order valence-electron chi connectivity index (χ4n) is 2.67. The van der Waals surface area contributed by atoms with Gasteiger partial charge in [0.05, 0.1) is 6.04 Å². The van der Waals surface area contributed by atoms with Gasteiger partial charge in [0.1, 0.15) is 6.61 Å². The van der Waals surface area contributed by atoms with Crippen LogP contribution in [-0.2, 0) is 4.74 Å². The molecule has 0 amide bonds. The lowest BCUT2D eigenvalue weighted by atomic mass is 9.91. The second-order valence-corrected chi connectivity index (χ2v) is 5.26. The highest BCUT2D eigenvalue weighted by Crippen LogP contribution is 2.24. The molecule has 96 valence electrons. The fraction of sp³-hybridized carbons (Fsp3) is 0.533. The van der Waals surface area contributed by atoms with Crippen molar-refractivity contribution in [1.29, 1.82) is 0 Å². The molecule has 18 heavy (non-hydrogen) atoms. The van der Waals surface area contributed by atoms with Crippen LogP contribution in [-0.4, -0.2) is 31.6 Å². The van der Waals surface area contributed by atoms with E-state index in [1.807, 2.05) is 0 Å². The molecule has 1 aromatic rings. The van der Waals surface area contributed by atoms with Crippen molar-refractivity contribution in [2.75, 3.05) is 19.7 Å². The molecular weight excluding hydrogens is 224 g/mol. The topological polar surface area (TPSA) is 33.6 Å². The number of piperidine rings is 1. The summed E-state index contributed by atoms with van der Waals surface area (Å²) in [5, 5.41) is 3.46. The molecule has 2 atom stereocenters. The Labute approximate surface area is 108 Å². The maximum Gasteiger partial charge on any atom is 0.216 e. The molecule has 0 aromatic heterocycles. The number of ether oxygens (including phenoxy) is 1.